The smallest absolute Gasteiger partial charge is 0.262 e. The minimum atomic E-state index is -3.93. The van der Waals surface area contributed by atoms with Crippen molar-refractivity contribution < 1.29 is 22.0 Å². The second-order valence-corrected chi connectivity index (χ2v) is 8.18. The van der Waals surface area contributed by atoms with Gasteiger partial charge in [-0.1, -0.05) is 18.2 Å². The van der Waals surface area contributed by atoms with Gasteiger partial charge in [0.15, 0.2) is 0 Å². The lowest BCUT2D eigenvalue weighted by atomic mass is 10.1. The Morgan fingerprint density at radius 1 is 0.897 bits per heavy atom. The predicted octanol–water partition coefficient (Wildman–Crippen LogP) is 4.63. The van der Waals surface area contributed by atoms with Crippen LogP contribution in [-0.4, -0.2) is 14.3 Å². The van der Waals surface area contributed by atoms with Crippen LogP contribution < -0.4 is 10.0 Å². The zero-order valence-electron chi connectivity index (χ0n) is 15.7. The van der Waals surface area contributed by atoms with Crippen molar-refractivity contribution in [2.75, 3.05) is 10.0 Å². The summed E-state index contributed by atoms with van der Waals surface area (Å²) in [6, 6.07) is 13.7. The van der Waals surface area contributed by atoms with Gasteiger partial charge in [0.1, 0.15) is 11.6 Å². The average Bonchev–Trinajstić information content (AvgIpc) is 2.64. The Bertz CT molecular complexity index is 1190. The summed E-state index contributed by atoms with van der Waals surface area (Å²) in [4.78, 5) is 12.2. The van der Waals surface area contributed by atoms with Gasteiger partial charge < -0.3 is 5.32 Å². The van der Waals surface area contributed by atoms with Gasteiger partial charge in [0.05, 0.1) is 10.5 Å². The number of benzene rings is 3. The third-order valence-electron chi connectivity index (χ3n) is 4.18. The lowest BCUT2D eigenvalue weighted by Crippen LogP contribution is -2.17. The van der Waals surface area contributed by atoms with Gasteiger partial charge >= 0.3 is 0 Å². The molecular weight excluding hydrogens is 398 g/mol. The number of carbonyl (C=O) groups excluding carboxylic acids is 1. The summed E-state index contributed by atoms with van der Waals surface area (Å²) in [7, 11) is -3.93. The predicted molar refractivity (Wildman–Crippen MR) is 107 cm³/mol. The van der Waals surface area contributed by atoms with Crippen molar-refractivity contribution >= 4 is 27.3 Å². The number of carbonyl (C=O) groups is 1. The summed E-state index contributed by atoms with van der Waals surface area (Å²) >= 11 is 0. The molecule has 5 nitrogen and oxygen atoms in total. The monoisotopic (exact) mass is 416 g/mol. The van der Waals surface area contributed by atoms with E-state index < -0.39 is 33.1 Å². The van der Waals surface area contributed by atoms with Crippen molar-refractivity contribution in [3.63, 3.8) is 0 Å². The Kier molecular flexibility index (Phi) is 5.65. The summed E-state index contributed by atoms with van der Waals surface area (Å²) in [5.74, 6) is -2.53. The molecule has 150 valence electrons. The first-order valence-electron chi connectivity index (χ1n) is 8.62. The second kappa shape index (κ2) is 8.00. The van der Waals surface area contributed by atoms with Gasteiger partial charge in [0, 0.05) is 11.4 Å². The Balaban J connectivity index is 1.89. The van der Waals surface area contributed by atoms with Gasteiger partial charge in [-0.15, -0.1) is 0 Å². The number of sulfonamides is 1. The van der Waals surface area contributed by atoms with Crippen molar-refractivity contribution in [2.24, 2.45) is 0 Å². The number of nitrogens with one attached hydrogen (secondary N) is 2. The highest BCUT2D eigenvalue weighted by molar-refractivity contribution is 7.92. The molecule has 0 unspecified atom stereocenters. The minimum absolute atomic E-state index is 0.0449. The molecule has 0 radical (unpaired) electrons. The molecule has 0 saturated carbocycles. The third kappa shape index (κ3) is 4.78. The number of amides is 1. The molecule has 29 heavy (non-hydrogen) atoms. The number of rotatable bonds is 5. The molecule has 0 aliphatic heterocycles. The van der Waals surface area contributed by atoms with E-state index in [1.807, 2.05) is 13.0 Å². The zero-order valence-corrected chi connectivity index (χ0v) is 16.5. The maximum atomic E-state index is 13.8. The lowest BCUT2D eigenvalue weighted by Gasteiger charge is -2.13. The summed E-state index contributed by atoms with van der Waals surface area (Å²) in [6.07, 6.45) is 0. The van der Waals surface area contributed by atoms with Crippen LogP contribution in [0.5, 0.6) is 0 Å². The van der Waals surface area contributed by atoms with Crippen LogP contribution in [0.15, 0.2) is 65.6 Å². The lowest BCUT2D eigenvalue weighted by molar-refractivity contribution is 0.102. The van der Waals surface area contributed by atoms with E-state index in [0.29, 0.717) is 11.3 Å². The first-order chi connectivity index (χ1) is 13.7. The van der Waals surface area contributed by atoms with E-state index in [9.17, 15) is 22.0 Å². The van der Waals surface area contributed by atoms with Crippen LogP contribution in [0.2, 0.25) is 0 Å². The first-order valence-corrected chi connectivity index (χ1v) is 10.1. The van der Waals surface area contributed by atoms with Crippen molar-refractivity contribution in [3.8, 4) is 0 Å². The molecule has 0 aliphatic rings. The van der Waals surface area contributed by atoms with E-state index in [1.165, 1.54) is 18.2 Å². The molecular formula is C21H18F2N2O3S. The molecule has 3 rings (SSSR count). The topological polar surface area (TPSA) is 75.3 Å². The normalized spacial score (nSPS) is 11.2. The van der Waals surface area contributed by atoms with E-state index in [1.54, 1.807) is 25.1 Å². The molecule has 3 aromatic rings. The molecule has 0 bridgehead atoms. The van der Waals surface area contributed by atoms with Crippen molar-refractivity contribution in [2.45, 2.75) is 18.7 Å². The van der Waals surface area contributed by atoms with Crippen LogP contribution in [0, 0.1) is 25.5 Å². The Hall–Kier alpha value is -3.26. The summed E-state index contributed by atoms with van der Waals surface area (Å²) in [6.45, 7) is 3.45. The zero-order chi connectivity index (χ0) is 21.2. The van der Waals surface area contributed by atoms with Gasteiger partial charge in [-0.05, 0) is 67.4 Å². The summed E-state index contributed by atoms with van der Waals surface area (Å²) < 4.78 is 55.2. The summed E-state index contributed by atoms with van der Waals surface area (Å²) in [5.41, 5.74) is 1.41. The fourth-order valence-corrected chi connectivity index (χ4v) is 4.08. The molecule has 0 aromatic heterocycles. The van der Waals surface area contributed by atoms with Gasteiger partial charge in [-0.3, -0.25) is 9.52 Å². The molecule has 2 N–H and O–H groups in total. The molecule has 8 heteroatoms. The number of halogens is 2. The van der Waals surface area contributed by atoms with Gasteiger partial charge in [0.2, 0.25) is 0 Å². The number of hydrogen-bond acceptors (Lipinski definition) is 3. The highest BCUT2D eigenvalue weighted by Crippen LogP contribution is 2.24. The van der Waals surface area contributed by atoms with E-state index in [4.69, 9.17) is 0 Å². The van der Waals surface area contributed by atoms with E-state index in [2.05, 4.69) is 10.0 Å². The number of hydrogen-bond donors (Lipinski definition) is 2. The molecule has 0 spiro atoms. The number of aryl methyl sites for hydroxylation is 2. The van der Waals surface area contributed by atoms with E-state index in [0.717, 1.165) is 23.8 Å². The molecule has 3 aromatic carbocycles. The fourth-order valence-electron chi connectivity index (χ4n) is 2.76. The van der Waals surface area contributed by atoms with Gasteiger partial charge in [-0.25, -0.2) is 17.2 Å². The molecule has 1 amide bonds. The van der Waals surface area contributed by atoms with Crippen molar-refractivity contribution in [1.82, 2.24) is 0 Å². The van der Waals surface area contributed by atoms with Crippen LogP contribution in [0.1, 0.15) is 21.5 Å². The minimum Gasteiger partial charge on any atom is -0.322 e. The molecule has 0 heterocycles. The number of anilines is 2. The van der Waals surface area contributed by atoms with Crippen LogP contribution in [0.25, 0.3) is 0 Å². The Morgan fingerprint density at radius 2 is 1.66 bits per heavy atom. The molecule has 0 aliphatic carbocycles. The quantitative estimate of drug-likeness (QED) is 0.637. The third-order valence-corrected chi connectivity index (χ3v) is 5.70. The standard InChI is InChI=1S/C21H18F2N2O3S/c1-13-4-3-5-17(10-13)25-29(27,28)20-12-16(8-6-14(20)2)24-21(26)18-11-15(22)7-9-19(18)23/h3-12,25H,1-2H3,(H,24,26). The Labute approximate surface area is 167 Å². The first kappa shape index (κ1) is 20.5. The fraction of sp³-hybridized carbons (Fsp3) is 0.0952. The van der Waals surface area contributed by atoms with Crippen molar-refractivity contribution in [1.29, 1.82) is 0 Å². The highest BCUT2D eigenvalue weighted by Gasteiger charge is 2.19. The van der Waals surface area contributed by atoms with Crippen LogP contribution in [-0.2, 0) is 10.0 Å². The van der Waals surface area contributed by atoms with Gasteiger partial charge in [0.25, 0.3) is 15.9 Å². The van der Waals surface area contributed by atoms with E-state index in [-0.39, 0.29) is 10.6 Å². The second-order valence-electron chi connectivity index (χ2n) is 6.53. The van der Waals surface area contributed by atoms with Gasteiger partial charge in [-0.2, -0.15) is 0 Å². The summed E-state index contributed by atoms with van der Waals surface area (Å²) in [5, 5.41) is 2.40. The van der Waals surface area contributed by atoms with Crippen LogP contribution in [0.4, 0.5) is 20.2 Å². The molecule has 0 saturated heterocycles. The largest absolute Gasteiger partial charge is 0.322 e. The maximum Gasteiger partial charge on any atom is 0.262 e. The molecule has 0 fully saturated rings. The highest BCUT2D eigenvalue weighted by atomic mass is 32.2. The van der Waals surface area contributed by atoms with Crippen LogP contribution >= 0.6 is 0 Å². The maximum absolute atomic E-state index is 13.8. The van der Waals surface area contributed by atoms with Crippen molar-refractivity contribution in [3.05, 3.63) is 89.0 Å². The average molecular weight is 416 g/mol. The van der Waals surface area contributed by atoms with Crippen LogP contribution in [0.3, 0.4) is 0 Å². The SMILES string of the molecule is Cc1cccc(NS(=O)(=O)c2cc(NC(=O)c3cc(F)ccc3F)ccc2C)c1. The Morgan fingerprint density at radius 3 is 2.38 bits per heavy atom. The molecule has 0 atom stereocenters. The van der Waals surface area contributed by atoms with E-state index >= 15 is 0 Å².